The summed E-state index contributed by atoms with van der Waals surface area (Å²) in [5.74, 6) is 3.77. The first-order chi connectivity index (χ1) is 23.7. The second-order valence-electron chi connectivity index (χ2n) is 18.3. The summed E-state index contributed by atoms with van der Waals surface area (Å²) in [6.45, 7) is 19.3. The van der Waals surface area contributed by atoms with Crippen LogP contribution in [0.2, 0.25) is 0 Å². The van der Waals surface area contributed by atoms with Gasteiger partial charge in [0.15, 0.2) is 0 Å². The molecule has 50 heavy (non-hydrogen) atoms. The Morgan fingerprint density at radius 1 is 0.480 bits per heavy atom. The second-order valence-corrected chi connectivity index (χ2v) is 18.3. The van der Waals surface area contributed by atoms with Crippen LogP contribution in [-0.2, 0) is 21.7 Å². The second kappa shape index (κ2) is 9.66. The lowest BCUT2D eigenvalue weighted by molar-refractivity contribution is 0.330. The number of para-hydroxylation sites is 2. The summed E-state index contributed by atoms with van der Waals surface area (Å²) in [6.07, 6.45) is 4.69. The quantitative estimate of drug-likeness (QED) is 0.164. The number of fused-ring (bicyclic) bond motifs is 9. The van der Waals surface area contributed by atoms with E-state index < -0.39 is 0 Å². The zero-order chi connectivity index (χ0) is 34.5. The maximum absolute atomic E-state index is 7.12. The average molecular weight is 656 g/mol. The van der Waals surface area contributed by atoms with Gasteiger partial charge in [-0.15, -0.1) is 0 Å². The lowest BCUT2D eigenvalue weighted by atomic mass is 9.34. The number of aromatic nitrogens is 1. The Bertz CT molecular complexity index is 2290. The van der Waals surface area contributed by atoms with E-state index in [-0.39, 0.29) is 28.4 Å². The van der Waals surface area contributed by atoms with Crippen LogP contribution in [0.15, 0.2) is 84.9 Å². The van der Waals surface area contributed by atoms with Gasteiger partial charge in [-0.2, -0.15) is 0 Å². The number of hydrogen-bond acceptors (Lipinski definition) is 2. The van der Waals surface area contributed by atoms with E-state index in [1.165, 1.54) is 80.7 Å². The van der Waals surface area contributed by atoms with E-state index in [0.717, 1.165) is 34.1 Å². The van der Waals surface area contributed by atoms with Gasteiger partial charge in [0.25, 0.3) is 6.71 Å². The van der Waals surface area contributed by atoms with Gasteiger partial charge < -0.3 is 14.0 Å². The SMILES string of the molecule is CC1(C)CCC(C)(C)c2cc3c(cc21)Oc1cc(-n2c4ccccc4c4ccccc42)cc2c1B3c1cc3c(cc1O2)C(C)(C)CCC3(C)C. The highest BCUT2D eigenvalue weighted by Crippen LogP contribution is 2.50. The lowest BCUT2D eigenvalue weighted by Gasteiger charge is -2.45. The van der Waals surface area contributed by atoms with Crippen LogP contribution in [0, 0.1) is 0 Å². The Hall–Kier alpha value is -4.44. The Kier molecular flexibility index (Phi) is 5.87. The van der Waals surface area contributed by atoms with Crippen LogP contribution in [0.1, 0.15) is 103 Å². The molecule has 2 aliphatic carbocycles. The standard InChI is InChI=1S/C46H46BNO2/c1-43(2)17-19-45(5,6)32-25-38-34(23-30(32)43)47-35-24-31-33(46(7,8)20-18-44(31,3)4)26-39(35)50-41-22-27(21-40(49-38)42(41)47)48-36-15-11-9-13-28(36)29-14-10-12-16-37(29)48/h9-16,21-26H,17-20H2,1-8H3. The molecule has 0 fully saturated rings. The van der Waals surface area contributed by atoms with E-state index in [2.05, 4.69) is 145 Å². The van der Waals surface area contributed by atoms with Crippen molar-refractivity contribution in [3.05, 3.63) is 107 Å². The summed E-state index contributed by atoms with van der Waals surface area (Å²) < 4.78 is 16.6. The van der Waals surface area contributed by atoms with E-state index >= 15 is 0 Å². The van der Waals surface area contributed by atoms with Crippen molar-refractivity contribution in [2.75, 3.05) is 0 Å². The topological polar surface area (TPSA) is 23.4 Å². The molecule has 0 radical (unpaired) electrons. The van der Waals surface area contributed by atoms with Crippen molar-refractivity contribution in [2.45, 2.75) is 103 Å². The van der Waals surface area contributed by atoms with Gasteiger partial charge in [-0.25, -0.2) is 0 Å². The molecule has 0 spiro atoms. The summed E-state index contributed by atoms with van der Waals surface area (Å²) in [5, 5.41) is 2.50. The molecule has 0 atom stereocenters. The molecule has 10 rings (SSSR count). The zero-order valence-electron chi connectivity index (χ0n) is 30.8. The maximum Gasteiger partial charge on any atom is 0.260 e. The molecule has 0 N–H and O–H groups in total. The Balaban J connectivity index is 1.27. The van der Waals surface area contributed by atoms with Gasteiger partial charge in [0.05, 0.1) is 16.7 Å². The fourth-order valence-electron chi connectivity index (χ4n) is 9.94. The van der Waals surface area contributed by atoms with Crippen molar-refractivity contribution in [1.29, 1.82) is 0 Å². The minimum absolute atomic E-state index is 0.0250. The molecular weight excluding hydrogens is 609 g/mol. The van der Waals surface area contributed by atoms with Gasteiger partial charge in [0.1, 0.15) is 23.0 Å². The van der Waals surface area contributed by atoms with Crippen molar-refractivity contribution in [2.24, 2.45) is 0 Å². The predicted octanol–water partition coefficient (Wildman–Crippen LogP) is 10.2. The smallest absolute Gasteiger partial charge is 0.260 e. The molecule has 3 nitrogen and oxygen atoms in total. The van der Waals surface area contributed by atoms with Gasteiger partial charge in [-0.3, -0.25) is 0 Å². The third kappa shape index (κ3) is 4.05. The summed E-state index contributed by atoms with van der Waals surface area (Å²) in [4.78, 5) is 0. The minimum atomic E-state index is 0.0250. The molecule has 0 unspecified atom stereocenters. The fourth-order valence-corrected chi connectivity index (χ4v) is 9.94. The van der Waals surface area contributed by atoms with Crippen molar-refractivity contribution in [1.82, 2.24) is 4.57 Å². The van der Waals surface area contributed by atoms with Gasteiger partial charge in [-0.1, -0.05) is 104 Å². The first-order valence-corrected chi connectivity index (χ1v) is 18.6. The average Bonchev–Trinajstić information content (AvgIpc) is 3.42. The summed E-state index contributed by atoms with van der Waals surface area (Å²) in [5.41, 5.74) is 13.3. The van der Waals surface area contributed by atoms with Gasteiger partial charge in [0, 0.05) is 28.4 Å². The molecule has 1 aromatic heterocycles. The Morgan fingerprint density at radius 3 is 1.28 bits per heavy atom. The van der Waals surface area contributed by atoms with Crippen LogP contribution in [0.4, 0.5) is 0 Å². The zero-order valence-corrected chi connectivity index (χ0v) is 30.8. The summed E-state index contributed by atoms with van der Waals surface area (Å²) in [7, 11) is 0. The molecule has 5 aromatic carbocycles. The van der Waals surface area contributed by atoms with E-state index in [1.807, 2.05) is 0 Å². The van der Waals surface area contributed by atoms with Gasteiger partial charge >= 0.3 is 0 Å². The van der Waals surface area contributed by atoms with Crippen molar-refractivity contribution in [3.63, 3.8) is 0 Å². The molecule has 2 aliphatic heterocycles. The summed E-state index contributed by atoms with van der Waals surface area (Å²) in [6, 6.07) is 31.8. The molecule has 0 saturated heterocycles. The molecule has 0 saturated carbocycles. The van der Waals surface area contributed by atoms with E-state index in [9.17, 15) is 0 Å². The lowest BCUT2D eigenvalue weighted by Crippen LogP contribution is -2.58. The van der Waals surface area contributed by atoms with Crippen LogP contribution in [0.5, 0.6) is 23.0 Å². The van der Waals surface area contributed by atoms with E-state index in [4.69, 9.17) is 9.47 Å². The van der Waals surface area contributed by atoms with Crippen LogP contribution in [0.3, 0.4) is 0 Å². The van der Waals surface area contributed by atoms with Crippen LogP contribution >= 0.6 is 0 Å². The molecule has 0 amide bonds. The first-order valence-electron chi connectivity index (χ1n) is 18.6. The third-order valence-corrected chi connectivity index (χ3v) is 13.2. The Labute approximate surface area is 296 Å². The maximum atomic E-state index is 7.12. The Morgan fingerprint density at radius 2 is 0.860 bits per heavy atom. The normalized spacial score (nSPS) is 19.8. The predicted molar refractivity (Wildman–Crippen MR) is 209 cm³/mol. The monoisotopic (exact) mass is 655 g/mol. The number of ether oxygens (including phenoxy) is 2. The number of nitrogens with zero attached hydrogens (tertiary/aromatic N) is 1. The van der Waals surface area contributed by atoms with Crippen molar-refractivity contribution < 1.29 is 9.47 Å². The first kappa shape index (κ1) is 30.4. The van der Waals surface area contributed by atoms with Crippen molar-refractivity contribution in [3.8, 4) is 28.7 Å². The van der Waals surface area contributed by atoms with E-state index in [0.29, 0.717) is 0 Å². The number of hydrogen-bond donors (Lipinski definition) is 0. The molecule has 250 valence electrons. The van der Waals surface area contributed by atoms with Crippen LogP contribution in [0.25, 0.3) is 27.5 Å². The molecule has 4 heteroatoms. The van der Waals surface area contributed by atoms with Crippen LogP contribution in [-0.4, -0.2) is 11.3 Å². The molecule has 4 aliphatic rings. The fraction of sp³-hybridized carbons (Fsp3) is 0.348. The molecule has 3 heterocycles. The minimum Gasteiger partial charge on any atom is -0.458 e. The molecular formula is C46H46BNO2. The highest BCUT2D eigenvalue weighted by Gasteiger charge is 2.46. The summed E-state index contributed by atoms with van der Waals surface area (Å²) >= 11 is 0. The third-order valence-electron chi connectivity index (χ3n) is 13.2. The molecule has 0 bridgehead atoms. The molecule has 6 aromatic rings. The number of benzene rings is 5. The highest BCUT2D eigenvalue weighted by molar-refractivity contribution is 6.98. The van der Waals surface area contributed by atoms with Crippen LogP contribution < -0.4 is 25.9 Å². The number of rotatable bonds is 1. The van der Waals surface area contributed by atoms with Gasteiger partial charge in [-0.05, 0) is 105 Å². The van der Waals surface area contributed by atoms with Crippen molar-refractivity contribution >= 4 is 44.9 Å². The highest BCUT2D eigenvalue weighted by atomic mass is 16.5. The van der Waals surface area contributed by atoms with Gasteiger partial charge in [0.2, 0.25) is 0 Å². The largest absolute Gasteiger partial charge is 0.458 e. The van der Waals surface area contributed by atoms with E-state index in [1.54, 1.807) is 0 Å².